The minimum atomic E-state index is -1.01. The van der Waals surface area contributed by atoms with Crippen molar-refractivity contribution < 1.29 is 19.7 Å². The van der Waals surface area contributed by atoms with Gasteiger partial charge < -0.3 is 14.9 Å². The summed E-state index contributed by atoms with van der Waals surface area (Å²) in [5.74, 6) is -1.01. The molecule has 0 aliphatic rings. The van der Waals surface area contributed by atoms with Gasteiger partial charge in [0.25, 0.3) is 0 Å². The fourth-order valence-corrected chi connectivity index (χ4v) is 0.301. The Kier molecular flexibility index (Phi) is 4.00. The first-order chi connectivity index (χ1) is 4.18. The Morgan fingerprint density at radius 3 is 2.67 bits per heavy atom. The Bertz CT molecular complexity index is 91.0. The molecule has 4 nitrogen and oxygen atoms in total. The van der Waals surface area contributed by atoms with Crippen LogP contribution in [0.25, 0.3) is 0 Å². The number of hydrogen-bond donors (Lipinski definition) is 2. The minimum Gasteiger partial charge on any atom is -0.479 e. The third-order valence-electron chi connectivity index (χ3n) is 0.807. The molecule has 0 radical (unpaired) electrons. The van der Waals surface area contributed by atoms with E-state index in [1.165, 1.54) is 6.92 Å². The molecule has 4 heteroatoms. The summed E-state index contributed by atoms with van der Waals surface area (Å²) < 4.78 is 4.60. The number of hydrogen-bond acceptors (Lipinski definition) is 3. The van der Waals surface area contributed by atoms with Crippen molar-refractivity contribution in [2.75, 3.05) is 13.2 Å². The largest absolute Gasteiger partial charge is 0.479 e. The molecule has 0 fully saturated rings. The molecule has 0 spiro atoms. The molecule has 0 aromatic heterocycles. The van der Waals surface area contributed by atoms with Crippen LogP contribution in [0, 0.1) is 0 Å². The van der Waals surface area contributed by atoms with Gasteiger partial charge in [-0.1, -0.05) is 0 Å². The fourth-order valence-electron chi connectivity index (χ4n) is 0.301. The Hall–Kier alpha value is -0.610. The zero-order valence-electron chi connectivity index (χ0n) is 5.20. The van der Waals surface area contributed by atoms with Crippen molar-refractivity contribution in [3.05, 3.63) is 0 Å². The van der Waals surface area contributed by atoms with Gasteiger partial charge >= 0.3 is 5.97 Å². The zero-order chi connectivity index (χ0) is 7.28. The Balaban J connectivity index is 3.27. The van der Waals surface area contributed by atoms with Gasteiger partial charge in [0.2, 0.25) is 0 Å². The van der Waals surface area contributed by atoms with Crippen LogP contribution in [-0.2, 0) is 9.53 Å². The van der Waals surface area contributed by atoms with E-state index in [1.807, 2.05) is 0 Å². The van der Waals surface area contributed by atoms with Crippen molar-refractivity contribution in [3.63, 3.8) is 0 Å². The van der Waals surface area contributed by atoms with Gasteiger partial charge in [0.15, 0.2) is 6.10 Å². The van der Waals surface area contributed by atoms with E-state index in [0.29, 0.717) is 0 Å². The van der Waals surface area contributed by atoms with Crippen LogP contribution in [0.4, 0.5) is 0 Å². The smallest absolute Gasteiger partial charge is 0.332 e. The first kappa shape index (κ1) is 8.39. The number of ether oxygens (including phenoxy) is 1. The molecule has 0 aromatic carbocycles. The molecule has 0 aromatic rings. The van der Waals surface area contributed by atoms with E-state index in [4.69, 9.17) is 10.2 Å². The highest BCUT2D eigenvalue weighted by Gasteiger charge is 2.08. The van der Waals surface area contributed by atoms with Crippen molar-refractivity contribution in [2.24, 2.45) is 0 Å². The monoisotopic (exact) mass is 134 g/mol. The number of aliphatic hydroxyl groups excluding tert-OH is 1. The maximum absolute atomic E-state index is 10.00. The number of carbonyl (C=O) groups is 1. The van der Waals surface area contributed by atoms with Gasteiger partial charge in [0.05, 0.1) is 13.2 Å². The van der Waals surface area contributed by atoms with E-state index >= 15 is 0 Å². The van der Waals surface area contributed by atoms with Crippen LogP contribution in [0.1, 0.15) is 6.92 Å². The predicted molar refractivity (Wildman–Crippen MR) is 30.1 cm³/mol. The minimum absolute atomic E-state index is 0.0769. The third kappa shape index (κ3) is 3.93. The Labute approximate surface area is 53.1 Å². The molecular formula is C5H10O4. The fraction of sp³-hybridized carbons (Fsp3) is 0.800. The van der Waals surface area contributed by atoms with Crippen LogP contribution in [0.3, 0.4) is 0 Å². The van der Waals surface area contributed by atoms with Crippen molar-refractivity contribution in [1.29, 1.82) is 0 Å². The van der Waals surface area contributed by atoms with Crippen molar-refractivity contribution in [3.8, 4) is 0 Å². The van der Waals surface area contributed by atoms with Gasteiger partial charge in [-0.3, -0.25) is 0 Å². The number of aliphatic carboxylic acids is 1. The molecule has 0 saturated heterocycles. The summed E-state index contributed by atoms with van der Waals surface area (Å²) in [6.45, 7) is 1.35. The SMILES string of the molecule is C[C@@H](OCCO)C(=O)O. The molecule has 0 rings (SSSR count). The quantitative estimate of drug-likeness (QED) is 0.542. The molecule has 2 N–H and O–H groups in total. The molecule has 0 unspecified atom stereocenters. The number of carboxylic acid groups (broad SMARTS) is 1. The molecule has 0 bridgehead atoms. The van der Waals surface area contributed by atoms with Gasteiger partial charge in [0.1, 0.15) is 0 Å². The van der Waals surface area contributed by atoms with Crippen molar-refractivity contribution in [1.82, 2.24) is 0 Å². The molecule has 1 atom stereocenters. The number of rotatable bonds is 4. The summed E-state index contributed by atoms with van der Waals surface area (Å²) in [4.78, 5) is 10.00. The second-order valence-corrected chi connectivity index (χ2v) is 1.57. The van der Waals surface area contributed by atoms with Crippen LogP contribution in [0.15, 0.2) is 0 Å². The molecule has 0 heterocycles. The van der Waals surface area contributed by atoms with E-state index in [-0.39, 0.29) is 13.2 Å². The van der Waals surface area contributed by atoms with Gasteiger partial charge in [-0.25, -0.2) is 4.79 Å². The average molecular weight is 134 g/mol. The molecule has 0 aliphatic heterocycles. The molecule has 9 heavy (non-hydrogen) atoms. The maximum atomic E-state index is 10.00. The van der Waals surface area contributed by atoms with E-state index in [9.17, 15) is 4.79 Å². The highest BCUT2D eigenvalue weighted by molar-refractivity contribution is 5.71. The van der Waals surface area contributed by atoms with E-state index < -0.39 is 12.1 Å². The van der Waals surface area contributed by atoms with Gasteiger partial charge in [0, 0.05) is 0 Å². The Morgan fingerprint density at radius 1 is 1.78 bits per heavy atom. The standard InChI is InChI=1S/C5H10O4/c1-4(5(7)8)9-3-2-6/h4,6H,2-3H2,1H3,(H,7,8)/t4-/m1/s1. The van der Waals surface area contributed by atoms with Crippen molar-refractivity contribution in [2.45, 2.75) is 13.0 Å². The van der Waals surface area contributed by atoms with E-state index in [0.717, 1.165) is 0 Å². The van der Waals surface area contributed by atoms with Gasteiger partial charge in [-0.2, -0.15) is 0 Å². The normalized spacial score (nSPS) is 13.1. The molecule has 0 amide bonds. The van der Waals surface area contributed by atoms with Gasteiger partial charge in [-0.05, 0) is 6.92 Å². The lowest BCUT2D eigenvalue weighted by molar-refractivity contribution is -0.149. The Morgan fingerprint density at radius 2 is 2.33 bits per heavy atom. The summed E-state index contributed by atoms with van der Waals surface area (Å²) in [5, 5.41) is 16.4. The molecule has 0 aliphatic carbocycles. The van der Waals surface area contributed by atoms with Gasteiger partial charge in [-0.15, -0.1) is 0 Å². The lowest BCUT2D eigenvalue weighted by Gasteiger charge is -2.04. The summed E-state index contributed by atoms with van der Waals surface area (Å²) >= 11 is 0. The number of carboxylic acids is 1. The zero-order valence-corrected chi connectivity index (χ0v) is 5.20. The summed E-state index contributed by atoms with van der Waals surface area (Å²) in [6, 6.07) is 0. The highest BCUT2D eigenvalue weighted by Crippen LogP contribution is 1.87. The summed E-state index contributed by atoms with van der Waals surface area (Å²) in [5.41, 5.74) is 0. The first-order valence-electron chi connectivity index (χ1n) is 2.63. The predicted octanol–water partition coefficient (Wildman–Crippen LogP) is -0.532. The number of aliphatic hydroxyl groups is 1. The lowest BCUT2D eigenvalue weighted by Crippen LogP contribution is -2.21. The first-order valence-corrected chi connectivity index (χ1v) is 2.63. The highest BCUT2D eigenvalue weighted by atomic mass is 16.5. The van der Waals surface area contributed by atoms with Crippen LogP contribution < -0.4 is 0 Å². The second kappa shape index (κ2) is 4.29. The maximum Gasteiger partial charge on any atom is 0.332 e. The van der Waals surface area contributed by atoms with E-state index in [1.54, 1.807) is 0 Å². The second-order valence-electron chi connectivity index (χ2n) is 1.57. The average Bonchev–Trinajstić information content (AvgIpc) is 1.82. The summed E-state index contributed by atoms with van der Waals surface area (Å²) in [7, 11) is 0. The molecular weight excluding hydrogens is 124 g/mol. The third-order valence-corrected chi connectivity index (χ3v) is 0.807. The van der Waals surface area contributed by atoms with E-state index in [2.05, 4.69) is 4.74 Å². The molecule has 54 valence electrons. The van der Waals surface area contributed by atoms with Crippen LogP contribution in [0.2, 0.25) is 0 Å². The van der Waals surface area contributed by atoms with Crippen molar-refractivity contribution >= 4 is 5.97 Å². The van der Waals surface area contributed by atoms with Crippen LogP contribution >= 0.6 is 0 Å². The van der Waals surface area contributed by atoms with Crippen LogP contribution in [0.5, 0.6) is 0 Å². The molecule has 0 saturated carbocycles. The summed E-state index contributed by atoms with van der Waals surface area (Å²) in [6.07, 6.45) is -0.822. The van der Waals surface area contributed by atoms with Crippen LogP contribution in [-0.4, -0.2) is 35.5 Å². The topological polar surface area (TPSA) is 66.8 Å². The lowest BCUT2D eigenvalue weighted by atomic mass is 10.4.